The lowest BCUT2D eigenvalue weighted by Gasteiger charge is -2.24. The Balaban J connectivity index is 1.97. The van der Waals surface area contributed by atoms with Gasteiger partial charge in [0.1, 0.15) is 0 Å². The predicted molar refractivity (Wildman–Crippen MR) is 83.1 cm³/mol. The molecular weight excluding hydrogens is 279 g/mol. The normalized spacial score (nSPS) is 21.8. The van der Waals surface area contributed by atoms with Gasteiger partial charge in [-0.2, -0.15) is 0 Å². The van der Waals surface area contributed by atoms with Gasteiger partial charge in [-0.25, -0.2) is 0 Å². The summed E-state index contributed by atoms with van der Waals surface area (Å²) < 4.78 is 0. The first-order valence-electron chi connectivity index (χ1n) is 7.00. The van der Waals surface area contributed by atoms with Crippen LogP contribution in [0.5, 0.6) is 0 Å². The number of likely N-dealkylation sites (N-methyl/N-ethyl adjacent to an activating group) is 1. The quantitative estimate of drug-likeness (QED) is 0.879. The van der Waals surface area contributed by atoms with Crippen molar-refractivity contribution in [3.8, 4) is 0 Å². The molecule has 1 N–H and O–H groups in total. The summed E-state index contributed by atoms with van der Waals surface area (Å²) in [5.41, 5.74) is 1.22. The number of likely N-dealkylation sites (tertiary alicyclic amines) is 1. The maximum atomic E-state index is 6.10. The van der Waals surface area contributed by atoms with E-state index in [0.29, 0.717) is 22.1 Å². The van der Waals surface area contributed by atoms with E-state index in [-0.39, 0.29) is 0 Å². The van der Waals surface area contributed by atoms with Gasteiger partial charge in [-0.05, 0) is 50.6 Å². The van der Waals surface area contributed by atoms with Crippen molar-refractivity contribution in [2.75, 3.05) is 20.1 Å². The molecule has 2 atom stereocenters. The highest BCUT2D eigenvalue weighted by Gasteiger charge is 2.21. The molecule has 19 heavy (non-hydrogen) atoms. The number of hydrogen-bond acceptors (Lipinski definition) is 2. The molecule has 1 fully saturated rings. The summed E-state index contributed by atoms with van der Waals surface area (Å²) >= 11 is 12.1. The van der Waals surface area contributed by atoms with Gasteiger partial charge in [-0.1, -0.05) is 36.2 Å². The Hall–Kier alpha value is -0.280. The Labute approximate surface area is 126 Å². The van der Waals surface area contributed by atoms with Crippen molar-refractivity contribution in [1.82, 2.24) is 10.2 Å². The molecular formula is C15H22Cl2N2. The van der Waals surface area contributed by atoms with E-state index in [0.717, 1.165) is 13.0 Å². The monoisotopic (exact) mass is 300 g/mol. The fraction of sp³-hybridized carbons (Fsp3) is 0.600. The second-order valence-corrected chi connectivity index (χ2v) is 6.13. The first-order valence-corrected chi connectivity index (χ1v) is 7.76. The number of nitrogens with zero attached hydrogens (tertiary/aromatic N) is 1. The summed E-state index contributed by atoms with van der Waals surface area (Å²) in [5, 5.41) is 4.92. The smallest absolute Gasteiger partial charge is 0.0595 e. The lowest BCUT2D eigenvalue weighted by atomic mass is 10.0. The molecule has 1 aromatic rings. The van der Waals surface area contributed by atoms with E-state index in [9.17, 15) is 0 Å². The van der Waals surface area contributed by atoms with E-state index in [1.165, 1.54) is 24.9 Å². The molecule has 0 aliphatic carbocycles. The number of rotatable bonds is 5. The first kappa shape index (κ1) is 15.1. The van der Waals surface area contributed by atoms with Crippen LogP contribution in [0, 0.1) is 0 Å². The van der Waals surface area contributed by atoms with Crippen LogP contribution in [0.15, 0.2) is 18.2 Å². The lowest BCUT2D eigenvalue weighted by Crippen LogP contribution is -2.37. The van der Waals surface area contributed by atoms with Gasteiger partial charge in [0.25, 0.3) is 0 Å². The molecule has 106 valence electrons. The third-order valence-corrected chi connectivity index (χ3v) is 4.76. The molecule has 0 aromatic heterocycles. The van der Waals surface area contributed by atoms with Crippen LogP contribution in [-0.4, -0.2) is 31.1 Å². The zero-order valence-corrected chi connectivity index (χ0v) is 13.1. The van der Waals surface area contributed by atoms with Crippen molar-refractivity contribution in [1.29, 1.82) is 0 Å². The third kappa shape index (κ3) is 3.85. The Kier molecular flexibility index (Phi) is 5.52. The van der Waals surface area contributed by atoms with Crippen molar-refractivity contribution < 1.29 is 0 Å². The highest BCUT2D eigenvalue weighted by atomic mass is 35.5. The van der Waals surface area contributed by atoms with Crippen molar-refractivity contribution >= 4 is 23.2 Å². The third-order valence-electron chi connectivity index (χ3n) is 4.03. The molecule has 0 bridgehead atoms. The molecule has 1 aliphatic rings. The van der Waals surface area contributed by atoms with Crippen LogP contribution in [0.25, 0.3) is 0 Å². The summed E-state index contributed by atoms with van der Waals surface area (Å²) in [6.07, 6.45) is 3.65. The molecule has 1 aromatic carbocycles. The highest BCUT2D eigenvalue weighted by Crippen LogP contribution is 2.27. The van der Waals surface area contributed by atoms with E-state index in [4.69, 9.17) is 23.2 Å². The van der Waals surface area contributed by atoms with E-state index in [1.54, 1.807) is 0 Å². The van der Waals surface area contributed by atoms with Gasteiger partial charge in [0.05, 0.1) is 10.0 Å². The SMILES string of the molecule is CCC(NCC1CCCN1C)c1ccc(Cl)c(Cl)c1. The Morgan fingerprint density at radius 3 is 2.74 bits per heavy atom. The van der Waals surface area contributed by atoms with Gasteiger partial charge in [0.2, 0.25) is 0 Å². The topological polar surface area (TPSA) is 15.3 Å². The fourth-order valence-corrected chi connectivity index (χ4v) is 3.05. The minimum atomic E-state index is 0.351. The van der Waals surface area contributed by atoms with Crippen LogP contribution in [0.2, 0.25) is 10.0 Å². The van der Waals surface area contributed by atoms with Gasteiger partial charge in [-0.15, -0.1) is 0 Å². The zero-order valence-electron chi connectivity index (χ0n) is 11.6. The van der Waals surface area contributed by atoms with Gasteiger partial charge in [0.15, 0.2) is 0 Å². The Bertz CT molecular complexity index is 423. The van der Waals surface area contributed by atoms with Crippen LogP contribution in [-0.2, 0) is 0 Å². The molecule has 1 heterocycles. The van der Waals surface area contributed by atoms with Gasteiger partial charge < -0.3 is 10.2 Å². The van der Waals surface area contributed by atoms with Gasteiger partial charge in [-0.3, -0.25) is 0 Å². The number of nitrogens with one attached hydrogen (secondary N) is 1. The molecule has 2 nitrogen and oxygen atoms in total. The standard InChI is InChI=1S/C15H22Cl2N2/c1-3-15(11-6-7-13(16)14(17)9-11)18-10-12-5-4-8-19(12)2/h6-7,9,12,15,18H,3-5,8,10H2,1-2H3. The predicted octanol–water partition coefficient (Wildman–Crippen LogP) is 4.13. The number of benzene rings is 1. The highest BCUT2D eigenvalue weighted by molar-refractivity contribution is 6.42. The largest absolute Gasteiger partial charge is 0.308 e. The summed E-state index contributed by atoms with van der Waals surface area (Å²) in [6.45, 7) is 4.45. The molecule has 1 saturated heterocycles. The minimum Gasteiger partial charge on any atom is -0.308 e. The Morgan fingerprint density at radius 2 is 2.16 bits per heavy atom. The van der Waals surface area contributed by atoms with Crippen LogP contribution < -0.4 is 5.32 Å². The molecule has 4 heteroatoms. The molecule has 0 saturated carbocycles. The van der Waals surface area contributed by atoms with E-state index in [2.05, 4.69) is 30.3 Å². The summed E-state index contributed by atoms with van der Waals surface area (Å²) in [5.74, 6) is 0. The fourth-order valence-electron chi connectivity index (χ4n) is 2.74. The van der Waals surface area contributed by atoms with Crippen LogP contribution in [0.1, 0.15) is 37.8 Å². The lowest BCUT2D eigenvalue weighted by molar-refractivity contribution is 0.290. The average Bonchev–Trinajstić information content (AvgIpc) is 2.80. The summed E-state index contributed by atoms with van der Waals surface area (Å²) in [6, 6.07) is 6.93. The molecule has 0 amide bonds. The second-order valence-electron chi connectivity index (χ2n) is 5.32. The van der Waals surface area contributed by atoms with E-state index < -0.39 is 0 Å². The van der Waals surface area contributed by atoms with Crippen LogP contribution in [0.4, 0.5) is 0 Å². The molecule has 0 radical (unpaired) electrons. The maximum Gasteiger partial charge on any atom is 0.0595 e. The summed E-state index contributed by atoms with van der Waals surface area (Å²) in [4.78, 5) is 2.44. The molecule has 1 aliphatic heterocycles. The zero-order chi connectivity index (χ0) is 13.8. The van der Waals surface area contributed by atoms with Crippen molar-refractivity contribution in [2.24, 2.45) is 0 Å². The minimum absolute atomic E-state index is 0.351. The molecule has 0 spiro atoms. The number of halogens is 2. The van der Waals surface area contributed by atoms with Gasteiger partial charge >= 0.3 is 0 Å². The van der Waals surface area contributed by atoms with Crippen molar-refractivity contribution in [3.05, 3.63) is 33.8 Å². The summed E-state index contributed by atoms with van der Waals surface area (Å²) in [7, 11) is 2.21. The van der Waals surface area contributed by atoms with Crippen LogP contribution in [0.3, 0.4) is 0 Å². The van der Waals surface area contributed by atoms with E-state index in [1.807, 2.05) is 12.1 Å². The van der Waals surface area contributed by atoms with Gasteiger partial charge in [0, 0.05) is 18.6 Å². The molecule has 2 unspecified atom stereocenters. The van der Waals surface area contributed by atoms with Crippen molar-refractivity contribution in [2.45, 2.75) is 38.3 Å². The Morgan fingerprint density at radius 1 is 1.37 bits per heavy atom. The maximum absolute atomic E-state index is 6.10. The number of hydrogen-bond donors (Lipinski definition) is 1. The average molecular weight is 301 g/mol. The molecule has 2 rings (SSSR count). The second kappa shape index (κ2) is 6.94. The van der Waals surface area contributed by atoms with Crippen molar-refractivity contribution in [3.63, 3.8) is 0 Å². The van der Waals surface area contributed by atoms with E-state index >= 15 is 0 Å². The van der Waals surface area contributed by atoms with Crippen LogP contribution >= 0.6 is 23.2 Å². The first-order chi connectivity index (χ1) is 9.11.